The minimum Gasteiger partial charge on any atom is -0.373 e. The van der Waals surface area contributed by atoms with Crippen molar-refractivity contribution in [2.45, 2.75) is 50.5 Å². The predicted molar refractivity (Wildman–Crippen MR) is 106 cm³/mol. The van der Waals surface area contributed by atoms with Crippen LogP contribution < -0.4 is 5.32 Å². The van der Waals surface area contributed by atoms with E-state index in [0.717, 1.165) is 35.7 Å². The lowest BCUT2D eigenvalue weighted by Gasteiger charge is -2.70. The molecule has 0 saturated heterocycles. The number of nitrogens with zero attached hydrogens (tertiary/aromatic N) is 1. The molecule has 30 heavy (non-hydrogen) atoms. The smallest absolute Gasteiger partial charge is 0.270 e. The van der Waals surface area contributed by atoms with Crippen molar-refractivity contribution >= 4 is 22.6 Å². The molecule has 1 amide bonds. The van der Waals surface area contributed by atoms with Gasteiger partial charge in [0.15, 0.2) is 5.78 Å². The van der Waals surface area contributed by atoms with Gasteiger partial charge in [0.05, 0.1) is 18.0 Å². The summed E-state index contributed by atoms with van der Waals surface area (Å²) in [5, 5.41) is 4.10. The molecule has 0 aliphatic heterocycles. The second-order valence-corrected chi connectivity index (χ2v) is 9.55. The van der Waals surface area contributed by atoms with E-state index < -0.39 is 11.8 Å². The Morgan fingerprint density at radius 1 is 1.20 bits per heavy atom. The molecule has 1 aromatic heterocycles. The molecule has 0 unspecified atom stereocenters. The van der Waals surface area contributed by atoms with Gasteiger partial charge >= 0.3 is 0 Å². The number of ketones is 1. The van der Waals surface area contributed by atoms with Crippen molar-refractivity contribution in [1.82, 2.24) is 10.3 Å². The number of ether oxygens (including phenoxy) is 1. The minimum absolute atomic E-state index is 0.0508. The lowest BCUT2D eigenvalue weighted by molar-refractivity contribution is -0.164. The number of carbonyl (C=O) groups is 2. The van der Waals surface area contributed by atoms with Crippen molar-refractivity contribution in [3.8, 4) is 0 Å². The zero-order valence-electron chi connectivity index (χ0n) is 16.8. The van der Waals surface area contributed by atoms with E-state index in [4.69, 9.17) is 4.74 Å². The number of halogens is 2. The standard InChI is InChI=1S/C23H24F2N2O3/c1-14-2-4-18-15(6-14)3-5-19(26-18)20(29)27-22-11-21(12-22,13-22)8-17(28)10-30-9-16-7-23(16,24)25/h2-6,16H,7-13H2,1H3,(H,27,29)/t16-,21?,22?/m1/s1. The molecule has 1 aromatic carbocycles. The quantitative estimate of drug-likeness (QED) is 0.713. The van der Waals surface area contributed by atoms with E-state index in [1.165, 1.54) is 0 Å². The monoisotopic (exact) mass is 414 g/mol. The minimum atomic E-state index is -2.61. The van der Waals surface area contributed by atoms with Crippen LogP contribution in [0.5, 0.6) is 0 Å². The van der Waals surface area contributed by atoms with Crippen LogP contribution in [0.3, 0.4) is 0 Å². The molecule has 2 aromatic rings. The maximum absolute atomic E-state index is 12.8. The molecular weight excluding hydrogens is 390 g/mol. The summed E-state index contributed by atoms with van der Waals surface area (Å²) < 4.78 is 30.8. The first-order valence-corrected chi connectivity index (χ1v) is 10.4. The first kappa shape index (κ1) is 19.5. The average Bonchev–Trinajstić information content (AvgIpc) is 3.24. The summed E-state index contributed by atoms with van der Waals surface area (Å²) in [6, 6.07) is 9.56. The molecule has 1 N–H and O–H groups in total. The number of hydrogen-bond donors (Lipinski definition) is 1. The van der Waals surface area contributed by atoms with Gasteiger partial charge in [0.1, 0.15) is 12.3 Å². The van der Waals surface area contributed by atoms with Gasteiger partial charge in [0.25, 0.3) is 11.8 Å². The van der Waals surface area contributed by atoms with Crippen LogP contribution in [0.2, 0.25) is 0 Å². The highest BCUT2D eigenvalue weighted by Crippen LogP contribution is 2.69. The fourth-order valence-electron chi connectivity index (χ4n) is 5.23. The van der Waals surface area contributed by atoms with Gasteiger partial charge in [-0.05, 0) is 49.8 Å². The molecule has 4 fully saturated rings. The fourth-order valence-corrected chi connectivity index (χ4v) is 5.23. The summed E-state index contributed by atoms with van der Waals surface area (Å²) in [4.78, 5) is 29.3. The van der Waals surface area contributed by atoms with Crippen LogP contribution in [-0.4, -0.2) is 41.3 Å². The molecule has 0 spiro atoms. The average molecular weight is 414 g/mol. The fraction of sp³-hybridized carbons (Fsp3) is 0.522. The zero-order chi connectivity index (χ0) is 21.1. The number of carbonyl (C=O) groups excluding carboxylic acids is 2. The Kier molecular flexibility index (Phi) is 4.26. The first-order chi connectivity index (χ1) is 14.2. The SMILES string of the molecule is Cc1ccc2nc(C(=O)NC34CC(CC(=O)COC[C@H]5CC5(F)F)(C3)C4)ccc2c1. The van der Waals surface area contributed by atoms with Crippen LogP contribution in [0.15, 0.2) is 30.3 Å². The third-order valence-electron chi connectivity index (χ3n) is 6.71. The molecule has 2 bridgehead atoms. The number of nitrogens with one attached hydrogen (secondary N) is 1. The van der Waals surface area contributed by atoms with Crippen molar-refractivity contribution in [3.05, 3.63) is 41.6 Å². The summed E-state index contributed by atoms with van der Waals surface area (Å²) in [5.74, 6) is -3.58. The molecule has 6 rings (SSSR count). The van der Waals surface area contributed by atoms with E-state index in [9.17, 15) is 18.4 Å². The van der Waals surface area contributed by atoms with Crippen molar-refractivity contribution in [1.29, 1.82) is 0 Å². The molecule has 4 aliphatic carbocycles. The van der Waals surface area contributed by atoms with Gasteiger partial charge in [-0.3, -0.25) is 9.59 Å². The van der Waals surface area contributed by atoms with Crippen LogP contribution >= 0.6 is 0 Å². The lowest BCUT2D eigenvalue weighted by atomic mass is 9.38. The number of fused-ring (bicyclic) bond motifs is 1. The van der Waals surface area contributed by atoms with E-state index in [-0.39, 0.29) is 42.3 Å². The molecule has 4 saturated carbocycles. The van der Waals surface area contributed by atoms with E-state index >= 15 is 0 Å². The summed E-state index contributed by atoms with van der Waals surface area (Å²) in [5.41, 5.74) is 2.03. The van der Waals surface area contributed by atoms with E-state index in [1.54, 1.807) is 6.07 Å². The second-order valence-electron chi connectivity index (χ2n) is 9.55. The molecule has 0 radical (unpaired) electrons. The maximum atomic E-state index is 12.8. The van der Waals surface area contributed by atoms with E-state index in [0.29, 0.717) is 12.1 Å². The van der Waals surface area contributed by atoms with Crippen molar-refractivity contribution in [2.75, 3.05) is 13.2 Å². The second kappa shape index (κ2) is 6.54. The number of benzene rings is 1. The Hall–Kier alpha value is -2.41. The first-order valence-electron chi connectivity index (χ1n) is 10.4. The summed E-state index contributed by atoms with van der Waals surface area (Å²) >= 11 is 0. The third kappa shape index (κ3) is 3.49. The van der Waals surface area contributed by atoms with E-state index in [1.807, 2.05) is 31.2 Å². The number of amides is 1. The molecule has 5 nitrogen and oxygen atoms in total. The number of pyridine rings is 1. The normalized spacial score (nSPS) is 30.3. The van der Waals surface area contributed by atoms with Crippen molar-refractivity contribution in [2.24, 2.45) is 11.3 Å². The number of hydrogen-bond acceptors (Lipinski definition) is 4. The Morgan fingerprint density at radius 3 is 2.63 bits per heavy atom. The highest BCUT2D eigenvalue weighted by atomic mass is 19.3. The molecule has 1 heterocycles. The van der Waals surface area contributed by atoms with Gasteiger partial charge in [-0.2, -0.15) is 0 Å². The number of aryl methyl sites for hydroxylation is 1. The molecular formula is C23H24F2N2O3. The van der Waals surface area contributed by atoms with Gasteiger partial charge in [-0.25, -0.2) is 13.8 Å². The Morgan fingerprint density at radius 2 is 1.93 bits per heavy atom. The van der Waals surface area contributed by atoms with Crippen LogP contribution in [0, 0.1) is 18.3 Å². The maximum Gasteiger partial charge on any atom is 0.270 e. The van der Waals surface area contributed by atoms with Crippen LogP contribution in [-0.2, 0) is 9.53 Å². The summed E-state index contributed by atoms with van der Waals surface area (Å²) in [6.45, 7) is 1.86. The number of alkyl halides is 2. The van der Waals surface area contributed by atoms with Crippen LogP contribution in [0.1, 0.15) is 48.2 Å². The predicted octanol–water partition coefficient (Wildman–Crippen LogP) is 3.83. The zero-order valence-corrected chi connectivity index (χ0v) is 16.8. The van der Waals surface area contributed by atoms with Gasteiger partial charge in [0, 0.05) is 23.8 Å². The van der Waals surface area contributed by atoms with Crippen LogP contribution in [0.4, 0.5) is 8.78 Å². The molecule has 7 heteroatoms. The Balaban J connectivity index is 1.10. The Bertz CT molecular complexity index is 1030. The number of Topliss-reactive ketones (excluding diaryl/α,β-unsaturated/α-hetero) is 1. The van der Waals surface area contributed by atoms with Crippen molar-refractivity contribution in [3.63, 3.8) is 0 Å². The van der Waals surface area contributed by atoms with Crippen LogP contribution in [0.25, 0.3) is 10.9 Å². The van der Waals surface area contributed by atoms with Gasteiger partial charge in [0.2, 0.25) is 0 Å². The van der Waals surface area contributed by atoms with Crippen molar-refractivity contribution < 1.29 is 23.1 Å². The topological polar surface area (TPSA) is 68.3 Å². The van der Waals surface area contributed by atoms with Gasteiger partial charge in [-0.1, -0.05) is 17.7 Å². The molecule has 158 valence electrons. The van der Waals surface area contributed by atoms with E-state index in [2.05, 4.69) is 10.3 Å². The van der Waals surface area contributed by atoms with Gasteiger partial charge in [-0.15, -0.1) is 0 Å². The summed E-state index contributed by atoms with van der Waals surface area (Å²) in [6.07, 6.45) is 2.55. The molecule has 1 atom stereocenters. The highest BCUT2D eigenvalue weighted by Gasteiger charge is 2.68. The highest BCUT2D eigenvalue weighted by molar-refractivity contribution is 5.95. The summed E-state index contributed by atoms with van der Waals surface area (Å²) in [7, 11) is 0. The van der Waals surface area contributed by atoms with Gasteiger partial charge < -0.3 is 10.1 Å². The third-order valence-corrected chi connectivity index (χ3v) is 6.71. The molecule has 4 aliphatic rings. The Labute approximate surface area is 173 Å². The lowest BCUT2D eigenvalue weighted by Crippen LogP contribution is -2.75. The number of aromatic nitrogens is 1. The largest absolute Gasteiger partial charge is 0.373 e. The number of rotatable bonds is 8.